The van der Waals surface area contributed by atoms with Crippen molar-refractivity contribution in [2.75, 3.05) is 7.05 Å². The van der Waals surface area contributed by atoms with Crippen LogP contribution in [0.25, 0.3) is 5.65 Å². The van der Waals surface area contributed by atoms with Crippen molar-refractivity contribution in [3.05, 3.63) is 35.2 Å². The molecular weight excluding hydrogens is 186 g/mol. The summed E-state index contributed by atoms with van der Waals surface area (Å²) < 4.78 is 1.98. The summed E-state index contributed by atoms with van der Waals surface area (Å²) >= 11 is 5.97. The van der Waals surface area contributed by atoms with Crippen LogP contribution in [0.3, 0.4) is 0 Å². The summed E-state index contributed by atoms with van der Waals surface area (Å²) in [5, 5.41) is 3.63. The van der Waals surface area contributed by atoms with Gasteiger partial charge in [-0.15, -0.1) is 0 Å². The maximum atomic E-state index is 5.97. The van der Waals surface area contributed by atoms with Crippen molar-refractivity contribution in [2.24, 2.45) is 0 Å². The molecule has 0 radical (unpaired) electrons. The van der Waals surface area contributed by atoms with Gasteiger partial charge in [0.2, 0.25) is 0 Å². The van der Waals surface area contributed by atoms with E-state index in [1.54, 1.807) is 0 Å². The Morgan fingerprint density at radius 2 is 2.38 bits per heavy atom. The topological polar surface area (TPSA) is 29.3 Å². The fourth-order valence-electron chi connectivity index (χ4n) is 1.34. The number of hydrogen-bond acceptors (Lipinski definition) is 2. The minimum absolute atomic E-state index is 0.570. The maximum absolute atomic E-state index is 5.97. The van der Waals surface area contributed by atoms with Gasteiger partial charge in [-0.1, -0.05) is 17.7 Å². The average molecular weight is 196 g/mol. The Labute approximate surface area is 81.4 Å². The number of fused-ring (bicyclic) bond motifs is 1. The molecule has 0 aromatic carbocycles. The van der Waals surface area contributed by atoms with Crippen LogP contribution >= 0.6 is 11.6 Å². The van der Waals surface area contributed by atoms with E-state index in [4.69, 9.17) is 11.6 Å². The molecule has 0 saturated carbocycles. The van der Waals surface area contributed by atoms with Crippen LogP contribution in [0.5, 0.6) is 0 Å². The van der Waals surface area contributed by atoms with E-state index in [9.17, 15) is 0 Å². The van der Waals surface area contributed by atoms with Crippen LogP contribution in [-0.4, -0.2) is 16.4 Å². The molecule has 0 aliphatic carbocycles. The van der Waals surface area contributed by atoms with Crippen LogP contribution in [0.15, 0.2) is 24.4 Å². The van der Waals surface area contributed by atoms with Gasteiger partial charge in [-0.3, -0.25) is 0 Å². The Hall–Kier alpha value is -1.06. The summed E-state index contributed by atoms with van der Waals surface area (Å²) in [6.45, 7) is 0.726. The Morgan fingerprint density at radius 3 is 3.15 bits per heavy atom. The minimum atomic E-state index is 0.570. The number of rotatable bonds is 2. The molecule has 0 unspecified atom stereocenters. The molecule has 0 fully saturated rings. The van der Waals surface area contributed by atoms with E-state index in [2.05, 4.69) is 10.3 Å². The lowest BCUT2D eigenvalue weighted by Crippen LogP contribution is -2.07. The molecule has 68 valence electrons. The fraction of sp³-hybridized carbons (Fsp3) is 0.222. The summed E-state index contributed by atoms with van der Waals surface area (Å²) in [6.07, 6.45) is 1.96. The average Bonchev–Trinajstić information content (AvgIpc) is 2.44. The SMILES string of the molecule is CNCc1c(Cl)nc2ccccn12. The molecule has 4 heteroatoms. The Kier molecular flexibility index (Phi) is 2.20. The third-order valence-electron chi connectivity index (χ3n) is 1.92. The smallest absolute Gasteiger partial charge is 0.152 e. The number of nitrogens with zero attached hydrogens (tertiary/aromatic N) is 2. The molecule has 1 N–H and O–H groups in total. The number of aromatic nitrogens is 2. The molecule has 3 nitrogen and oxygen atoms in total. The summed E-state index contributed by atoms with van der Waals surface area (Å²) in [5.74, 6) is 0. The zero-order valence-electron chi connectivity index (χ0n) is 7.29. The number of nitrogens with one attached hydrogen (secondary N) is 1. The van der Waals surface area contributed by atoms with E-state index in [0.717, 1.165) is 17.9 Å². The lowest BCUT2D eigenvalue weighted by atomic mass is 10.4. The summed E-state index contributed by atoms with van der Waals surface area (Å²) in [4.78, 5) is 4.22. The van der Waals surface area contributed by atoms with E-state index in [1.165, 1.54) is 0 Å². The molecule has 0 spiro atoms. The van der Waals surface area contributed by atoms with Crippen LogP contribution in [0.2, 0.25) is 5.15 Å². The van der Waals surface area contributed by atoms with Crippen molar-refractivity contribution < 1.29 is 0 Å². The van der Waals surface area contributed by atoms with Crippen molar-refractivity contribution >= 4 is 17.2 Å². The highest BCUT2D eigenvalue weighted by atomic mass is 35.5. The predicted octanol–water partition coefficient (Wildman–Crippen LogP) is 1.71. The second-order valence-electron chi connectivity index (χ2n) is 2.81. The van der Waals surface area contributed by atoms with Gasteiger partial charge < -0.3 is 9.72 Å². The first-order valence-corrected chi connectivity index (χ1v) is 4.47. The maximum Gasteiger partial charge on any atom is 0.152 e. The van der Waals surface area contributed by atoms with E-state index >= 15 is 0 Å². The first-order chi connectivity index (χ1) is 6.33. The lowest BCUT2D eigenvalue weighted by molar-refractivity contribution is 0.782. The van der Waals surface area contributed by atoms with Gasteiger partial charge >= 0.3 is 0 Å². The minimum Gasteiger partial charge on any atom is -0.314 e. The van der Waals surface area contributed by atoms with E-state index in [1.807, 2.05) is 35.8 Å². The van der Waals surface area contributed by atoms with Gasteiger partial charge in [0, 0.05) is 12.7 Å². The Bertz CT molecular complexity index is 422. The highest BCUT2D eigenvalue weighted by Crippen LogP contribution is 2.16. The predicted molar refractivity (Wildman–Crippen MR) is 53.0 cm³/mol. The van der Waals surface area contributed by atoms with Gasteiger partial charge in [-0.05, 0) is 19.2 Å². The molecule has 0 saturated heterocycles. The molecule has 0 bridgehead atoms. The van der Waals surface area contributed by atoms with Crippen molar-refractivity contribution in [1.29, 1.82) is 0 Å². The molecular formula is C9H10ClN3. The first kappa shape index (κ1) is 8.53. The third-order valence-corrected chi connectivity index (χ3v) is 2.23. The number of halogens is 1. The van der Waals surface area contributed by atoms with Crippen molar-refractivity contribution in [2.45, 2.75) is 6.54 Å². The van der Waals surface area contributed by atoms with Crippen LogP contribution in [0.4, 0.5) is 0 Å². The van der Waals surface area contributed by atoms with Crippen LogP contribution in [0, 0.1) is 0 Å². The third kappa shape index (κ3) is 1.41. The highest BCUT2D eigenvalue weighted by molar-refractivity contribution is 6.30. The quantitative estimate of drug-likeness (QED) is 0.791. The Morgan fingerprint density at radius 1 is 1.54 bits per heavy atom. The second-order valence-corrected chi connectivity index (χ2v) is 3.17. The van der Waals surface area contributed by atoms with Crippen LogP contribution < -0.4 is 5.32 Å². The second kappa shape index (κ2) is 3.36. The van der Waals surface area contributed by atoms with Gasteiger partial charge in [-0.25, -0.2) is 4.98 Å². The molecule has 0 atom stereocenters. The Balaban J connectivity index is 2.64. The molecule has 0 aliphatic heterocycles. The van der Waals surface area contributed by atoms with Crippen LogP contribution in [0.1, 0.15) is 5.69 Å². The summed E-state index contributed by atoms with van der Waals surface area (Å²) in [6, 6.07) is 5.84. The van der Waals surface area contributed by atoms with Crippen LogP contribution in [-0.2, 0) is 6.54 Å². The highest BCUT2D eigenvalue weighted by Gasteiger charge is 2.07. The molecule has 0 amide bonds. The standard InChI is InChI=1S/C9H10ClN3/c1-11-6-7-9(10)12-8-4-2-3-5-13(7)8/h2-5,11H,6H2,1H3. The number of pyridine rings is 1. The molecule has 2 aromatic heterocycles. The zero-order chi connectivity index (χ0) is 9.26. The molecule has 13 heavy (non-hydrogen) atoms. The van der Waals surface area contributed by atoms with Crippen molar-refractivity contribution in [3.63, 3.8) is 0 Å². The van der Waals surface area contributed by atoms with Gasteiger partial charge in [0.15, 0.2) is 5.15 Å². The molecule has 0 aliphatic rings. The normalized spacial score (nSPS) is 10.9. The number of imidazole rings is 1. The van der Waals surface area contributed by atoms with E-state index in [0.29, 0.717) is 5.15 Å². The number of hydrogen-bond donors (Lipinski definition) is 1. The van der Waals surface area contributed by atoms with Gasteiger partial charge in [0.1, 0.15) is 5.65 Å². The summed E-state index contributed by atoms with van der Waals surface area (Å²) in [7, 11) is 1.89. The monoisotopic (exact) mass is 195 g/mol. The zero-order valence-corrected chi connectivity index (χ0v) is 8.04. The molecule has 2 heterocycles. The molecule has 2 aromatic rings. The van der Waals surface area contributed by atoms with Gasteiger partial charge in [0.25, 0.3) is 0 Å². The first-order valence-electron chi connectivity index (χ1n) is 4.09. The van der Waals surface area contributed by atoms with Gasteiger partial charge in [0.05, 0.1) is 5.69 Å². The van der Waals surface area contributed by atoms with Crippen molar-refractivity contribution in [3.8, 4) is 0 Å². The fourth-order valence-corrected chi connectivity index (χ4v) is 1.59. The van der Waals surface area contributed by atoms with Crippen molar-refractivity contribution in [1.82, 2.24) is 14.7 Å². The molecule has 2 rings (SSSR count). The lowest BCUT2D eigenvalue weighted by Gasteiger charge is -1.99. The summed E-state index contributed by atoms with van der Waals surface area (Å²) in [5.41, 5.74) is 1.89. The van der Waals surface area contributed by atoms with Gasteiger partial charge in [-0.2, -0.15) is 0 Å². The van der Waals surface area contributed by atoms with E-state index in [-0.39, 0.29) is 0 Å². The largest absolute Gasteiger partial charge is 0.314 e. The van der Waals surface area contributed by atoms with E-state index < -0.39 is 0 Å².